The van der Waals surface area contributed by atoms with E-state index in [4.69, 9.17) is 9.97 Å². The van der Waals surface area contributed by atoms with Crippen LogP contribution in [0.1, 0.15) is 26.3 Å². The molecule has 0 bridgehead atoms. The Hall–Kier alpha value is -4.99. The number of phenolic OH excluding ortho intramolecular Hbond substituents is 1. The molecule has 0 aliphatic carbocycles. The molecular weight excluding hydrogens is 748 g/mol. The molecule has 0 fully saturated rings. The quantitative estimate of drug-likeness (QED) is 0.181. The van der Waals surface area contributed by atoms with Crippen LogP contribution in [0.5, 0.6) is 5.75 Å². The van der Waals surface area contributed by atoms with Crippen molar-refractivity contribution in [1.29, 1.82) is 0 Å². The first-order chi connectivity index (χ1) is 21.9. The Kier molecular flexibility index (Phi) is 7.38. The van der Waals surface area contributed by atoms with Gasteiger partial charge in [0.1, 0.15) is 17.2 Å². The number of para-hydroxylation sites is 4. The number of pyridine rings is 1. The fraction of sp³-hybridized carbons (Fsp3) is 0.100. The number of benzene rings is 5. The average molecular weight is 779 g/mol. The summed E-state index contributed by atoms with van der Waals surface area (Å²) in [5.74, 6) is 0.859. The van der Waals surface area contributed by atoms with Crippen molar-refractivity contribution in [2.24, 2.45) is 0 Å². The van der Waals surface area contributed by atoms with Crippen LogP contribution in [0.3, 0.4) is 0 Å². The van der Waals surface area contributed by atoms with Gasteiger partial charge < -0.3 is 9.67 Å². The van der Waals surface area contributed by atoms with Crippen LogP contribution in [-0.4, -0.2) is 24.2 Å². The number of phenols is 1. The number of nitrogens with zero attached hydrogens (tertiary/aromatic N) is 4. The van der Waals surface area contributed by atoms with Crippen molar-refractivity contribution in [2.45, 2.75) is 26.2 Å². The van der Waals surface area contributed by atoms with Gasteiger partial charge in [-0.15, -0.1) is 6.07 Å². The molecule has 0 atom stereocenters. The number of imidazole rings is 1. The Morgan fingerprint density at radius 2 is 1.35 bits per heavy atom. The summed E-state index contributed by atoms with van der Waals surface area (Å²) in [5.41, 5.74) is 9.33. The van der Waals surface area contributed by atoms with Crippen LogP contribution in [0.4, 0.5) is 0 Å². The summed E-state index contributed by atoms with van der Waals surface area (Å²) in [5, 5.41) is 13.2. The van der Waals surface area contributed by atoms with Crippen LogP contribution in [0.2, 0.25) is 0 Å². The normalized spacial score (nSPS) is 11.7. The van der Waals surface area contributed by atoms with E-state index in [0.29, 0.717) is 11.4 Å². The maximum absolute atomic E-state index is 11.0. The van der Waals surface area contributed by atoms with Crippen LogP contribution < -0.4 is 0 Å². The van der Waals surface area contributed by atoms with E-state index in [1.165, 1.54) is 5.56 Å². The van der Waals surface area contributed by atoms with Crippen LogP contribution >= 0.6 is 0 Å². The molecule has 0 amide bonds. The predicted octanol–water partition coefficient (Wildman–Crippen LogP) is 9.65. The zero-order valence-corrected chi connectivity index (χ0v) is 27.9. The number of hydrogen-bond donors (Lipinski definition) is 1. The number of rotatable bonds is 4. The summed E-state index contributed by atoms with van der Waals surface area (Å²) in [4.78, 5) is 10.5. The molecule has 0 unspecified atom stereocenters. The molecule has 1 N–H and O–H groups in total. The average Bonchev–Trinajstić information content (AvgIpc) is 3.61. The molecule has 3 heterocycles. The summed E-state index contributed by atoms with van der Waals surface area (Å²) < 4.78 is 4.31. The molecule has 0 saturated carbocycles. The van der Waals surface area contributed by atoms with Gasteiger partial charge in [0, 0.05) is 43.1 Å². The molecule has 0 spiro atoms. The van der Waals surface area contributed by atoms with Crippen molar-refractivity contribution in [3.63, 3.8) is 0 Å². The molecular formula is C40H31N4OPt-. The van der Waals surface area contributed by atoms with Gasteiger partial charge >= 0.3 is 0 Å². The van der Waals surface area contributed by atoms with Gasteiger partial charge in [0.05, 0.1) is 27.8 Å². The molecule has 8 rings (SSSR count). The molecule has 5 nitrogen and oxygen atoms in total. The van der Waals surface area contributed by atoms with Crippen molar-refractivity contribution in [1.82, 2.24) is 19.1 Å². The Bertz CT molecular complexity index is 2360. The maximum Gasteiger partial charge on any atom is 0.149 e. The molecule has 8 aromatic rings. The van der Waals surface area contributed by atoms with E-state index in [2.05, 4.69) is 121 Å². The van der Waals surface area contributed by atoms with Crippen LogP contribution in [-0.2, 0) is 26.5 Å². The van der Waals surface area contributed by atoms with E-state index in [9.17, 15) is 5.11 Å². The minimum absolute atomic E-state index is 0. The molecule has 0 aliphatic heterocycles. The van der Waals surface area contributed by atoms with Crippen LogP contribution in [0.25, 0.3) is 67.0 Å². The second-order valence-corrected chi connectivity index (χ2v) is 12.4. The number of fused-ring (bicyclic) bond motifs is 4. The number of hydrogen-bond acceptors (Lipinski definition) is 3. The third-order valence-corrected chi connectivity index (χ3v) is 8.55. The molecule has 0 aliphatic rings. The van der Waals surface area contributed by atoms with Gasteiger partial charge in [-0.25, -0.2) is 9.97 Å². The number of aromatic nitrogens is 4. The van der Waals surface area contributed by atoms with E-state index >= 15 is 0 Å². The first kappa shape index (κ1) is 29.7. The first-order valence-electron chi connectivity index (χ1n) is 15.2. The number of aromatic hydroxyl groups is 1. The smallest absolute Gasteiger partial charge is 0.149 e. The Balaban J connectivity index is 0.00000338. The fourth-order valence-corrected chi connectivity index (χ4v) is 6.28. The zero-order valence-electron chi connectivity index (χ0n) is 25.7. The topological polar surface area (TPSA) is 55.9 Å². The third kappa shape index (κ3) is 4.83. The minimum atomic E-state index is 0. The van der Waals surface area contributed by atoms with Crippen molar-refractivity contribution in [2.75, 3.05) is 0 Å². The van der Waals surface area contributed by atoms with Crippen LogP contribution in [0, 0.1) is 6.07 Å². The molecule has 228 valence electrons. The van der Waals surface area contributed by atoms with E-state index in [1.807, 2.05) is 36.4 Å². The van der Waals surface area contributed by atoms with Gasteiger partial charge in [0.25, 0.3) is 0 Å². The van der Waals surface area contributed by atoms with E-state index < -0.39 is 0 Å². The van der Waals surface area contributed by atoms with Crippen molar-refractivity contribution in [3.05, 3.63) is 139 Å². The summed E-state index contributed by atoms with van der Waals surface area (Å²) in [7, 11) is 0. The fourth-order valence-electron chi connectivity index (χ4n) is 6.28. The summed E-state index contributed by atoms with van der Waals surface area (Å²) >= 11 is 0. The first-order valence-corrected chi connectivity index (χ1v) is 15.2. The van der Waals surface area contributed by atoms with E-state index in [1.54, 1.807) is 6.07 Å². The van der Waals surface area contributed by atoms with Crippen molar-refractivity contribution < 1.29 is 26.2 Å². The Morgan fingerprint density at radius 3 is 2.11 bits per heavy atom. The largest absolute Gasteiger partial charge is 0.507 e. The third-order valence-electron chi connectivity index (χ3n) is 8.55. The molecule has 0 radical (unpaired) electrons. The van der Waals surface area contributed by atoms with E-state index in [-0.39, 0.29) is 32.2 Å². The standard InChI is InChI=1S/C40H31N4O.Pt/c1-40(2,3)26-20-22-28(23-21-26)44-35-18-11-16-31(37(35)42-39(44)32-15-8-10-19-36(32)45)33-25-24-30-29-14-7-9-17-34(29)43(38(30)41-33)27-12-5-4-6-13-27;/h4-12,14-25,45H,1-3H3;/q-1;. The Labute approximate surface area is 282 Å². The van der Waals surface area contributed by atoms with Gasteiger partial charge in [-0.2, -0.15) is 24.3 Å². The molecule has 46 heavy (non-hydrogen) atoms. The van der Waals surface area contributed by atoms with Gasteiger partial charge in [-0.1, -0.05) is 81.1 Å². The summed E-state index contributed by atoms with van der Waals surface area (Å²) in [6.07, 6.45) is 0. The van der Waals surface area contributed by atoms with E-state index in [0.717, 1.165) is 55.6 Å². The van der Waals surface area contributed by atoms with Gasteiger partial charge in [0.15, 0.2) is 0 Å². The zero-order chi connectivity index (χ0) is 30.7. The molecule has 5 aromatic carbocycles. The molecule has 3 aromatic heterocycles. The second kappa shape index (κ2) is 11.4. The molecule has 6 heteroatoms. The summed E-state index contributed by atoms with van der Waals surface area (Å²) in [6.45, 7) is 6.65. The molecule has 0 saturated heterocycles. The summed E-state index contributed by atoms with van der Waals surface area (Å²) in [6, 6.07) is 46.2. The van der Waals surface area contributed by atoms with Crippen molar-refractivity contribution in [3.8, 4) is 39.8 Å². The van der Waals surface area contributed by atoms with Crippen molar-refractivity contribution >= 4 is 33.0 Å². The van der Waals surface area contributed by atoms with Gasteiger partial charge in [-0.05, 0) is 59.5 Å². The van der Waals surface area contributed by atoms with Gasteiger partial charge in [0.2, 0.25) is 0 Å². The van der Waals surface area contributed by atoms with Crippen LogP contribution in [0.15, 0.2) is 127 Å². The monoisotopic (exact) mass is 778 g/mol. The second-order valence-electron chi connectivity index (χ2n) is 12.4. The maximum atomic E-state index is 11.0. The Morgan fingerprint density at radius 1 is 0.630 bits per heavy atom. The minimum Gasteiger partial charge on any atom is -0.507 e. The SMILES string of the molecule is CC(C)(C)c1ccc(-n2c(-c3ccccc3O)nc3c(-c4ccc5c6ccccc6n(-c6[c-]cccc6)c5n4)cccc32)cc1.[Pt]. The predicted molar refractivity (Wildman–Crippen MR) is 183 cm³/mol. The van der Waals surface area contributed by atoms with Gasteiger partial charge in [-0.3, -0.25) is 4.57 Å².